The summed E-state index contributed by atoms with van der Waals surface area (Å²) in [6.07, 6.45) is 3.58. The third kappa shape index (κ3) is 3.74. The summed E-state index contributed by atoms with van der Waals surface area (Å²) in [5.74, 6) is 1.64. The van der Waals surface area contributed by atoms with Gasteiger partial charge in [-0.15, -0.1) is 0 Å². The summed E-state index contributed by atoms with van der Waals surface area (Å²) in [4.78, 5) is 2.59. The predicted molar refractivity (Wildman–Crippen MR) is 84.1 cm³/mol. The number of hydrogen-bond acceptors (Lipinski definition) is 3. The Balaban J connectivity index is 1.99. The molecule has 0 aliphatic carbocycles. The first-order valence-corrected chi connectivity index (χ1v) is 7.73. The molecule has 3 nitrogen and oxygen atoms in total. The van der Waals surface area contributed by atoms with Crippen LogP contribution in [0.15, 0.2) is 24.3 Å². The highest BCUT2D eigenvalue weighted by Gasteiger charge is 2.26. The van der Waals surface area contributed by atoms with Crippen LogP contribution in [-0.4, -0.2) is 37.2 Å². The van der Waals surface area contributed by atoms with Crippen molar-refractivity contribution in [3.8, 4) is 5.75 Å². The molecule has 2 rings (SSSR count). The fourth-order valence-corrected chi connectivity index (χ4v) is 3.19. The summed E-state index contributed by atoms with van der Waals surface area (Å²) in [6, 6.07) is 9.17. The number of rotatable bonds is 5. The zero-order chi connectivity index (χ0) is 14.5. The molecular weight excluding hydrogens is 248 g/mol. The lowest BCUT2D eigenvalue weighted by molar-refractivity contribution is 0.121. The van der Waals surface area contributed by atoms with Crippen LogP contribution < -0.4 is 10.5 Å². The third-order valence-electron chi connectivity index (χ3n) is 4.56. The van der Waals surface area contributed by atoms with Crippen LogP contribution in [0.2, 0.25) is 0 Å². The van der Waals surface area contributed by atoms with Gasteiger partial charge in [0.2, 0.25) is 0 Å². The lowest BCUT2D eigenvalue weighted by atomic mass is 9.90. The van der Waals surface area contributed by atoms with E-state index in [4.69, 9.17) is 10.5 Å². The van der Waals surface area contributed by atoms with Gasteiger partial charge in [-0.2, -0.15) is 0 Å². The smallest absolute Gasteiger partial charge is 0.122 e. The van der Waals surface area contributed by atoms with Gasteiger partial charge in [0.05, 0.1) is 7.11 Å². The first kappa shape index (κ1) is 15.3. The number of nitrogens with zero attached hydrogens (tertiary/aromatic N) is 1. The van der Waals surface area contributed by atoms with Gasteiger partial charge in [-0.25, -0.2) is 0 Å². The molecule has 1 heterocycles. The third-order valence-corrected chi connectivity index (χ3v) is 4.56. The van der Waals surface area contributed by atoms with Crippen molar-refractivity contribution in [3.63, 3.8) is 0 Å². The zero-order valence-electron chi connectivity index (χ0n) is 13.0. The molecule has 0 amide bonds. The molecule has 0 radical (unpaired) electrons. The molecule has 2 N–H and O–H groups in total. The van der Waals surface area contributed by atoms with Gasteiger partial charge in [-0.1, -0.05) is 18.2 Å². The van der Waals surface area contributed by atoms with E-state index in [1.54, 1.807) is 7.11 Å². The maximum Gasteiger partial charge on any atom is 0.122 e. The van der Waals surface area contributed by atoms with Gasteiger partial charge < -0.3 is 10.5 Å². The molecule has 1 aliphatic rings. The second kappa shape index (κ2) is 7.09. The van der Waals surface area contributed by atoms with Gasteiger partial charge in [-0.3, -0.25) is 4.90 Å². The minimum Gasteiger partial charge on any atom is -0.496 e. The minimum atomic E-state index is 0.302. The number of likely N-dealkylation sites (tertiary alicyclic amines) is 1. The molecule has 20 heavy (non-hydrogen) atoms. The van der Waals surface area contributed by atoms with Crippen molar-refractivity contribution in [2.24, 2.45) is 11.7 Å². The normalized spacial score (nSPS) is 23.3. The second-order valence-electron chi connectivity index (χ2n) is 6.12. The van der Waals surface area contributed by atoms with Crippen molar-refractivity contribution in [2.75, 3.05) is 20.2 Å². The van der Waals surface area contributed by atoms with E-state index >= 15 is 0 Å². The van der Waals surface area contributed by atoms with Crippen molar-refractivity contribution in [3.05, 3.63) is 29.8 Å². The maximum atomic E-state index is 6.08. The van der Waals surface area contributed by atoms with Crippen LogP contribution >= 0.6 is 0 Å². The molecule has 3 unspecified atom stereocenters. The van der Waals surface area contributed by atoms with E-state index in [2.05, 4.69) is 30.9 Å². The van der Waals surface area contributed by atoms with Crippen LogP contribution in [0.3, 0.4) is 0 Å². The quantitative estimate of drug-likeness (QED) is 0.898. The molecule has 1 fully saturated rings. The highest BCUT2D eigenvalue weighted by molar-refractivity contribution is 5.33. The van der Waals surface area contributed by atoms with E-state index in [0.29, 0.717) is 18.0 Å². The Hall–Kier alpha value is -1.06. The molecule has 3 atom stereocenters. The highest BCUT2D eigenvalue weighted by Crippen LogP contribution is 2.24. The molecular formula is C17H28N2O. The fourth-order valence-electron chi connectivity index (χ4n) is 3.19. The van der Waals surface area contributed by atoms with Gasteiger partial charge in [0.25, 0.3) is 0 Å². The molecule has 112 valence electrons. The first-order valence-electron chi connectivity index (χ1n) is 7.73. The van der Waals surface area contributed by atoms with Crippen LogP contribution in [0.25, 0.3) is 0 Å². The van der Waals surface area contributed by atoms with Crippen molar-refractivity contribution >= 4 is 0 Å². The average Bonchev–Trinajstić information content (AvgIpc) is 2.48. The number of methoxy groups -OCH3 is 1. The van der Waals surface area contributed by atoms with E-state index in [9.17, 15) is 0 Å². The molecule has 0 aromatic heterocycles. The summed E-state index contributed by atoms with van der Waals surface area (Å²) < 4.78 is 5.45. The van der Waals surface area contributed by atoms with Crippen molar-refractivity contribution in [1.29, 1.82) is 0 Å². The standard InChI is InChI=1S/C17H28N2O/c1-13(11-15-7-4-5-9-17(15)20-3)19-10-6-8-16(12-19)14(2)18/h4-5,7,9,13-14,16H,6,8,10-12,18H2,1-3H3. The van der Waals surface area contributed by atoms with Crippen molar-refractivity contribution in [2.45, 2.75) is 45.2 Å². The van der Waals surface area contributed by atoms with Gasteiger partial charge >= 0.3 is 0 Å². The number of ether oxygens (including phenoxy) is 1. The monoisotopic (exact) mass is 276 g/mol. The van der Waals surface area contributed by atoms with Gasteiger partial charge in [0.15, 0.2) is 0 Å². The molecule has 3 heteroatoms. The second-order valence-corrected chi connectivity index (χ2v) is 6.12. The minimum absolute atomic E-state index is 0.302. The fraction of sp³-hybridized carbons (Fsp3) is 0.647. The molecule has 0 saturated carbocycles. The van der Waals surface area contributed by atoms with Gasteiger partial charge in [0, 0.05) is 18.6 Å². The molecule has 0 spiro atoms. The zero-order valence-corrected chi connectivity index (χ0v) is 13.0. The number of benzene rings is 1. The Bertz CT molecular complexity index is 419. The summed E-state index contributed by atoms with van der Waals surface area (Å²) in [5, 5.41) is 0. The van der Waals surface area contributed by atoms with E-state index in [-0.39, 0.29) is 0 Å². The summed E-state index contributed by atoms with van der Waals surface area (Å²) >= 11 is 0. The molecule has 0 bridgehead atoms. The first-order chi connectivity index (χ1) is 9.61. The molecule has 1 aliphatic heterocycles. The predicted octanol–water partition coefficient (Wildman–Crippen LogP) is 2.69. The van der Waals surface area contributed by atoms with Crippen LogP contribution in [-0.2, 0) is 6.42 Å². The topological polar surface area (TPSA) is 38.5 Å². The van der Waals surface area contributed by atoms with Crippen molar-refractivity contribution < 1.29 is 4.74 Å². The van der Waals surface area contributed by atoms with E-state index in [1.807, 2.05) is 12.1 Å². The number of piperidine rings is 1. The lowest BCUT2D eigenvalue weighted by Crippen LogP contribution is -2.46. The average molecular weight is 276 g/mol. The Morgan fingerprint density at radius 3 is 2.80 bits per heavy atom. The SMILES string of the molecule is COc1ccccc1CC(C)N1CCCC(C(C)N)C1. The summed E-state index contributed by atoms with van der Waals surface area (Å²) in [7, 11) is 1.75. The van der Waals surface area contributed by atoms with Crippen LogP contribution in [0.1, 0.15) is 32.3 Å². The highest BCUT2D eigenvalue weighted by atomic mass is 16.5. The lowest BCUT2D eigenvalue weighted by Gasteiger charge is -2.38. The molecule has 1 aromatic rings. The van der Waals surface area contributed by atoms with Crippen LogP contribution in [0.4, 0.5) is 0 Å². The van der Waals surface area contributed by atoms with Gasteiger partial charge in [-0.05, 0) is 57.2 Å². The Kier molecular flexibility index (Phi) is 5.44. The Morgan fingerprint density at radius 2 is 2.10 bits per heavy atom. The van der Waals surface area contributed by atoms with Crippen LogP contribution in [0, 0.1) is 5.92 Å². The number of nitrogens with two attached hydrogens (primary N) is 1. The summed E-state index contributed by atoms with van der Waals surface area (Å²) in [5.41, 5.74) is 7.38. The number of hydrogen-bond donors (Lipinski definition) is 1. The van der Waals surface area contributed by atoms with E-state index < -0.39 is 0 Å². The molecule has 1 saturated heterocycles. The van der Waals surface area contributed by atoms with Gasteiger partial charge in [0.1, 0.15) is 5.75 Å². The Labute approximate surface area is 123 Å². The Morgan fingerprint density at radius 1 is 1.35 bits per heavy atom. The number of para-hydroxylation sites is 1. The maximum absolute atomic E-state index is 6.08. The largest absolute Gasteiger partial charge is 0.496 e. The van der Waals surface area contributed by atoms with Crippen molar-refractivity contribution in [1.82, 2.24) is 4.90 Å². The van der Waals surface area contributed by atoms with Crippen LogP contribution in [0.5, 0.6) is 5.75 Å². The molecule has 1 aromatic carbocycles. The summed E-state index contributed by atoms with van der Waals surface area (Å²) in [6.45, 7) is 6.78. The van der Waals surface area contributed by atoms with E-state index in [1.165, 1.54) is 24.9 Å². The van der Waals surface area contributed by atoms with E-state index in [0.717, 1.165) is 18.7 Å².